The van der Waals surface area contributed by atoms with Gasteiger partial charge in [0, 0.05) is 12.1 Å². The van der Waals surface area contributed by atoms with Gasteiger partial charge in [0.2, 0.25) is 5.88 Å². The lowest BCUT2D eigenvalue weighted by atomic mass is 10.1. The number of alkyl halides is 6. The first-order valence-electron chi connectivity index (χ1n) is 5.01. The lowest BCUT2D eigenvalue weighted by molar-refractivity contribution is -0.276. The van der Waals surface area contributed by atoms with Crippen LogP contribution in [0.15, 0.2) is 6.07 Å². The van der Waals surface area contributed by atoms with Crippen LogP contribution in [0.25, 0.3) is 0 Å². The normalized spacial score (nSPS) is 12.1. The van der Waals surface area contributed by atoms with Crippen LogP contribution in [0.4, 0.5) is 26.3 Å². The Morgan fingerprint density at radius 2 is 1.85 bits per heavy atom. The third kappa shape index (κ3) is 3.99. The third-order valence-electron chi connectivity index (χ3n) is 2.16. The molecule has 0 aromatic carbocycles. The molecule has 0 atom stereocenters. The lowest BCUT2D eigenvalue weighted by Crippen LogP contribution is -2.22. The predicted molar refractivity (Wildman–Crippen MR) is 53.1 cm³/mol. The molecule has 0 saturated carbocycles. The van der Waals surface area contributed by atoms with Crippen molar-refractivity contribution < 1.29 is 31.1 Å². The average Bonchev–Trinajstić information content (AvgIpc) is 2.27. The number of nitriles is 1. The van der Waals surface area contributed by atoms with Crippen LogP contribution in [0.3, 0.4) is 0 Å². The smallest absolute Gasteiger partial charge is 0.388 e. The van der Waals surface area contributed by atoms with Gasteiger partial charge in [-0.1, -0.05) is 0 Å². The van der Waals surface area contributed by atoms with Gasteiger partial charge in [0.25, 0.3) is 0 Å². The summed E-state index contributed by atoms with van der Waals surface area (Å²) in [5.74, 6) is -1.31. The molecule has 2 N–H and O–H groups in total. The van der Waals surface area contributed by atoms with Crippen molar-refractivity contribution in [2.45, 2.75) is 25.5 Å². The standard InChI is InChI=1S/C10H7F6N3O/c11-9(12,13)7-3-5(4-18)6(1-2-17)8(19-7)20-10(14,15)16/h3H,1,4,18H2. The second-order valence-corrected chi connectivity index (χ2v) is 3.53. The Kier molecular flexibility index (Phi) is 4.44. The zero-order valence-electron chi connectivity index (χ0n) is 9.64. The topological polar surface area (TPSA) is 71.9 Å². The maximum Gasteiger partial charge on any atom is 0.574 e. The maximum absolute atomic E-state index is 12.5. The van der Waals surface area contributed by atoms with E-state index in [1.807, 2.05) is 0 Å². The molecule has 1 aromatic rings. The highest BCUT2D eigenvalue weighted by Crippen LogP contribution is 2.34. The number of nitrogens with two attached hydrogens (primary N) is 1. The Bertz CT molecular complexity index is 532. The van der Waals surface area contributed by atoms with Crippen molar-refractivity contribution in [1.29, 1.82) is 5.26 Å². The number of hydrogen-bond donors (Lipinski definition) is 1. The minimum atomic E-state index is -5.23. The molecule has 0 aliphatic rings. The molecule has 0 aliphatic heterocycles. The van der Waals surface area contributed by atoms with Crippen molar-refractivity contribution in [2.75, 3.05) is 0 Å². The van der Waals surface area contributed by atoms with E-state index in [1.165, 1.54) is 6.07 Å². The first kappa shape index (κ1) is 16.0. The van der Waals surface area contributed by atoms with Crippen LogP contribution in [0.5, 0.6) is 5.88 Å². The van der Waals surface area contributed by atoms with Gasteiger partial charge in [-0.15, -0.1) is 13.2 Å². The number of halogens is 6. The summed E-state index contributed by atoms with van der Waals surface area (Å²) in [4.78, 5) is 2.78. The van der Waals surface area contributed by atoms with Gasteiger partial charge in [0.15, 0.2) is 0 Å². The molecule has 110 valence electrons. The molecule has 20 heavy (non-hydrogen) atoms. The Labute approximate surface area is 108 Å². The van der Waals surface area contributed by atoms with Crippen LogP contribution in [0, 0.1) is 11.3 Å². The fourth-order valence-corrected chi connectivity index (χ4v) is 1.39. The van der Waals surface area contributed by atoms with E-state index < -0.39 is 42.6 Å². The van der Waals surface area contributed by atoms with E-state index in [1.54, 1.807) is 0 Å². The Hall–Kier alpha value is -2.02. The van der Waals surface area contributed by atoms with Gasteiger partial charge in [0.05, 0.1) is 12.5 Å². The monoisotopic (exact) mass is 299 g/mol. The van der Waals surface area contributed by atoms with E-state index in [-0.39, 0.29) is 5.56 Å². The third-order valence-corrected chi connectivity index (χ3v) is 2.16. The van der Waals surface area contributed by atoms with Gasteiger partial charge in [-0.3, -0.25) is 0 Å². The van der Waals surface area contributed by atoms with Crippen molar-refractivity contribution in [2.24, 2.45) is 5.73 Å². The quantitative estimate of drug-likeness (QED) is 0.870. The van der Waals surface area contributed by atoms with E-state index in [0.717, 1.165) is 0 Å². The first-order valence-corrected chi connectivity index (χ1v) is 5.01. The second kappa shape index (κ2) is 5.54. The Morgan fingerprint density at radius 1 is 1.25 bits per heavy atom. The van der Waals surface area contributed by atoms with Crippen LogP contribution in [0.2, 0.25) is 0 Å². The fraction of sp³-hybridized carbons (Fsp3) is 0.400. The van der Waals surface area contributed by atoms with Gasteiger partial charge < -0.3 is 10.5 Å². The van der Waals surface area contributed by atoms with Crippen molar-refractivity contribution in [1.82, 2.24) is 4.98 Å². The van der Waals surface area contributed by atoms with Crippen molar-refractivity contribution >= 4 is 0 Å². The molecule has 1 heterocycles. The van der Waals surface area contributed by atoms with E-state index >= 15 is 0 Å². The molecular weight excluding hydrogens is 292 g/mol. The van der Waals surface area contributed by atoms with E-state index in [0.29, 0.717) is 6.07 Å². The molecule has 0 bridgehead atoms. The largest absolute Gasteiger partial charge is 0.574 e. The molecule has 1 aromatic heterocycles. The van der Waals surface area contributed by atoms with Gasteiger partial charge >= 0.3 is 12.5 Å². The van der Waals surface area contributed by atoms with Crippen LogP contribution < -0.4 is 10.5 Å². The van der Waals surface area contributed by atoms with E-state index in [9.17, 15) is 26.3 Å². The molecule has 0 aliphatic carbocycles. The fourth-order valence-electron chi connectivity index (χ4n) is 1.39. The maximum atomic E-state index is 12.5. The highest BCUT2D eigenvalue weighted by molar-refractivity contribution is 5.39. The zero-order valence-corrected chi connectivity index (χ0v) is 9.64. The van der Waals surface area contributed by atoms with E-state index in [2.05, 4.69) is 9.72 Å². The SMILES string of the molecule is N#CCc1c(CN)cc(C(F)(F)F)nc1OC(F)(F)F. The minimum absolute atomic E-state index is 0.284. The summed E-state index contributed by atoms with van der Waals surface area (Å²) in [5.41, 5.74) is 2.91. The van der Waals surface area contributed by atoms with Crippen LogP contribution in [-0.4, -0.2) is 11.3 Å². The molecular formula is C10H7F6N3O. The van der Waals surface area contributed by atoms with E-state index in [4.69, 9.17) is 11.0 Å². The predicted octanol–water partition coefficient (Wildman–Crippen LogP) is 2.52. The second-order valence-electron chi connectivity index (χ2n) is 3.53. The van der Waals surface area contributed by atoms with Gasteiger partial charge in [-0.2, -0.15) is 18.4 Å². The summed E-state index contributed by atoms with van der Waals surface area (Å²) in [6.45, 7) is -0.489. The molecule has 10 heteroatoms. The Morgan fingerprint density at radius 3 is 2.25 bits per heavy atom. The molecule has 1 rings (SSSR count). The summed E-state index contributed by atoms with van der Waals surface area (Å²) in [6, 6.07) is 2.01. The van der Waals surface area contributed by atoms with Gasteiger partial charge in [-0.25, -0.2) is 4.98 Å². The van der Waals surface area contributed by atoms with Crippen LogP contribution in [-0.2, 0) is 19.1 Å². The molecule has 0 unspecified atom stereocenters. The van der Waals surface area contributed by atoms with Crippen LogP contribution in [0.1, 0.15) is 16.8 Å². The summed E-state index contributed by atoms with van der Waals surface area (Å²) in [7, 11) is 0. The molecule has 0 radical (unpaired) electrons. The number of hydrogen-bond acceptors (Lipinski definition) is 4. The minimum Gasteiger partial charge on any atom is -0.388 e. The molecule has 0 amide bonds. The highest BCUT2D eigenvalue weighted by Gasteiger charge is 2.38. The van der Waals surface area contributed by atoms with Crippen molar-refractivity contribution in [3.8, 4) is 11.9 Å². The average molecular weight is 299 g/mol. The summed E-state index contributed by atoms with van der Waals surface area (Å²) in [6.07, 6.45) is -10.8. The first-order chi connectivity index (χ1) is 9.08. The number of aromatic nitrogens is 1. The number of rotatable bonds is 3. The summed E-state index contributed by atoms with van der Waals surface area (Å²) in [5, 5.41) is 8.51. The molecule has 0 saturated heterocycles. The summed E-state index contributed by atoms with van der Waals surface area (Å²) < 4.78 is 77.5. The molecule has 4 nitrogen and oxygen atoms in total. The lowest BCUT2D eigenvalue weighted by Gasteiger charge is -2.16. The van der Waals surface area contributed by atoms with Crippen LogP contribution >= 0.6 is 0 Å². The number of nitrogens with zero attached hydrogens (tertiary/aromatic N) is 2. The highest BCUT2D eigenvalue weighted by atomic mass is 19.4. The molecule has 0 spiro atoms. The van der Waals surface area contributed by atoms with Gasteiger partial charge in [-0.05, 0) is 11.6 Å². The Balaban J connectivity index is 3.46. The van der Waals surface area contributed by atoms with Crippen molar-refractivity contribution in [3.05, 3.63) is 22.9 Å². The van der Waals surface area contributed by atoms with Gasteiger partial charge in [0.1, 0.15) is 5.69 Å². The van der Waals surface area contributed by atoms with Crippen molar-refractivity contribution in [3.63, 3.8) is 0 Å². The zero-order chi connectivity index (χ0) is 15.6. The molecule has 0 fully saturated rings. The number of pyridine rings is 1. The summed E-state index contributed by atoms with van der Waals surface area (Å²) >= 11 is 0. The number of ether oxygens (including phenoxy) is 1.